The van der Waals surface area contributed by atoms with Crippen LogP contribution in [0.5, 0.6) is 0 Å². The molecular formula is C23H26ClN3O3. The van der Waals surface area contributed by atoms with Gasteiger partial charge in [-0.3, -0.25) is 15.0 Å². The second-order valence-corrected chi connectivity index (χ2v) is 8.27. The Morgan fingerprint density at radius 1 is 1.07 bits per heavy atom. The lowest BCUT2D eigenvalue weighted by atomic mass is 9.89. The van der Waals surface area contributed by atoms with E-state index in [4.69, 9.17) is 16.3 Å². The Bertz CT molecular complexity index is 908. The fraction of sp³-hybridized carbons (Fsp3) is 0.391. The number of rotatable bonds is 6. The standard InChI is InChI=1S/C23H26ClN3O3/c24-20-4-1-16(2-5-20)22(28)17-7-9-27(10-8-17)11-12-30-23(29)26-21-6-3-18-14-25-15-19(18)13-21/h1-6,13,17,25H,7-12,14-15H2,(H,26,29). The van der Waals surface area contributed by atoms with Gasteiger partial charge < -0.3 is 10.1 Å². The first-order valence-corrected chi connectivity index (χ1v) is 10.7. The third kappa shape index (κ3) is 5.19. The van der Waals surface area contributed by atoms with Gasteiger partial charge in [-0.1, -0.05) is 17.7 Å². The number of Topliss-reactive ketones (excluding diaryl/α,β-unsaturated/α-hetero) is 1. The number of ketones is 1. The lowest BCUT2D eigenvalue weighted by molar-refractivity contribution is 0.0813. The van der Waals surface area contributed by atoms with Crippen LogP contribution in [0.3, 0.4) is 0 Å². The summed E-state index contributed by atoms with van der Waals surface area (Å²) in [6, 6.07) is 13.0. The number of piperidine rings is 1. The van der Waals surface area contributed by atoms with Crippen molar-refractivity contribution in [1.82, 2.24) is 10.2 Å². The minimum Gasteiger partial charge on any atom is -0.448 e. The molecule has 0 saturated carbocycles. The SMILES string of the molecule is O=C(Nc1ccc2c(c1)CNC2)OCCN1CCC(C(=O)c2ccc(Cl)cc2)CC1. The molecule has 0 atom stereocenters. The Hall–Kier alpha value is -2.41. The number of carbonyl (C=O) groups is 2. The molecule has 0 aromatic heterocycles. The van der Waals surface area contributed by atoms with E-state index in [1.165, 1.54) is 11.1 Å². The van der Waals surface area contributed by atoms with Crippen LogP contribution < -0.4 is 10.6 Å². The maximum absolute atomic E-state index is 12.6. The number of anilines is 1. The monoisotopic (exact) mass is 427 g/mol. The number of ether oxygens (including phenoxy) is 1. The Balaban J connectivity index is 1.16. The molecular weight excluding hydrogens is 402 g/mol. The largest absolute Gasteiger partial charge is 0.448 e. The number of benzene rings is 2. The van der Waals surface area contributed by atoms with Gasteiger partial charge in [0.1, 0.15) is 6.61 Å². The average molecular weight is 428 g/mol. The number of carbonyl (C=O) groups excluding carboxylic acids is 2. The predicted octanol–water partition coefficient (Wildman–Crippen LogP) is 4.09. The number of fused-ring (bicyclic) bond motifs is 1. The van der Waals surface area contributed by atoms with Crippen molar-refractivity contribution in [2.75, 3.05) is 31.6 Å². The molecule has 0 bridgehead atoms. The fourth-order valence-corrected chi connectivity index (χ4v) is 4.19. The van der Waals surface area contributed by atoms with Crippen molar-refractivity contribution >= 4 is 29.2 Å². The van der Waals surface area contributed by atoms with E-state index >= 15 is 0 Å². The first-order chi connectivity index (χ1) is 14.6. The lowest BCUT2D eigenvalue weighted by Gasteiger charge is -2.31. The molecule has 0 radical (unpaired) electrons. The highest BCUT2D eigenvalue weighted by atomic mass is 35.5. The van der Waals surface area contributed by atoms with Crippen LogP contribution in [0.1, 0.15) is 34.3 Å². The van der Waals surface area contributed by atoms with E-state index in [2.05, 4.69) is 15.5 Å². The van der Waals surface area contributed by atoms with Gasteiger partial charge in [0.25, 0.3) is 0 Å². The van der Waals surface area contributed by atoms with Crippen LogP contribution in [0.4, 0.5) is 10.5 Å². The van der Waals surface area contributed by atoms with Gasteiger partial charge in [-0.25, -0.2) is 4.79 Å². The van der Waals surface area contributed by atoms with E-state index in [1.807, 2.05) is 18.2 Å². The van der Waals surface area contributed by atoms with Gasteiger partial charge >= 0.3 is 6.09 Å². The molecule has 1 fully saturated rings. The van der Waals surface area contributed by atoms with Crippen LogP contribution in [0, 0.1) is 5.92 Å². The Kier molecular flexibility index (Phi) is 6.67. The summed E-state index contributed by atoms with van der Waals surface area (Å²) < 4.78 is 5.34. The molecule has 4 rings (SSSR count). The van der Waals surface area contributed by atoms with Crippen molar-refractivity contribution in [3.05, 3.63) is 64.2 Å². The van der Waals surface area contributed by atoms with Crippen molar-refractivity contribution in [3.8, 4) is 0 Å². The van der Waals surface area contributed by atoms with Gasteiger partial charge in [0, 0.05) is 41.8 Å². The van der Waals surface area contributed by atoms with E-state index in [0.717, 1.165) is 50.3 Å². The molecule has 2 N–H and O–H groups in total. The van der Waals surface area contributed by atoms with Crippen LogP contribution >= 0.6 is 11.6 Å². The van der Waals surface area contributed by atoms with Gasteiger partial charge in [-0.05, 0) is 73.5 Å². The average Bonchev–Trinajstić information content (AvgIpc) is 3.22. The zero-order valence-corrected chi connectivity index (χ0v) is 17.6. The van der Waals surface area contributed by atoms with Crippen molar-refractivity contribution in [3.63, 3.8) is 0 Å². The predicted molar refractivity (Wildman–Crippen MR) is 117 cm³/mol. The van der Waals surface area contributed by atoms with Crippen LogP contribution in [-0.4, -0.2) is 43.0 Å². The summed E-state index contributed by atoms with van der Waals surface area (Å²) >= 11 is 5.90. The molecule has 158 valence electrons. The number of hydrogen-bond donors (Lipinski definition) is 2. The molecule has 0 spiro atoms. The lowest BCUT2D eigenvalue weighted by Crippen LogP contribution is -2.38. The molecule has 30 heavy (non-hydrogen) atoms. The van der Waals surface area contributed by atoms with Gasteiger partial charge in [0.05, 0.1) is 0 Å². The van der Waals surface area contributed by atoms with Gasteiger partial charge in [0.2, 0.25) is 0 Å². The topological polar surface area (TPSA) is 70.7 Å². The summed E-state index contributed by atoms with van der Waals surface area (Å²) in [5.41, 5.74) is 3.96. The molecule has 7 heteroatoms. The van der Waals surface area contributed by atoms with Crippen molar-refractivity contribution in [2.45, 2.75) is 25.9 Å². The zero-order valence-electron chi connectivity index (χ0n) is 16.8. The molecule has 0 unspecified atom stereocenters. The van der Waals surface area contributed by atoms with Crippen molar-refractivity contribution in [2.24, 2.45) is 5.92 Å². The second kappa shape index (κ2) is 9.60. The highest BCUT2D eigenvalue weighted by Crippen LogP contribution is 2.23. The third-order valence-electron chi connectivity index (χ3n) is 5.81. The summed E-state index contributed by atoms with van der Waals surface area (Å²) in [4.78, 5) is 26.9. The molecule has 2 aromatic carbocycles. The molecule has 2 aliphatic heterocycles. The smallest absolute Gasteiger partial charge is 0.411 e. The summed E-state index contributed by atoms with van der Waals surface area (Å²) in [6.07, 6.45) is 1.20. The third-order valence-corrected chi connectivity index (χ3v) is 6.06. The molecule has 1 amide bonds. The maximum atomic E-state index is 12.6. The van der Waals surface area contributed by atoms with Crippen LogP contribution in [-0.2, 0) is 17.8 Å². The zero-order chi connectivity index (χ0) is 20.9. The van der Waals surface area contributed by atoms with E-state index in [0.29, 0.717) is 18.2 Å². The van der Waals surface area contributed by atoms with Crippen LogP contribution in [0.2, 0.25) is 5.02 Å². The van der Waals surface area contributed by atoms with E-state index in [-0.39, 0.29) is 11.7 Å². The number of hydrogen-bond acceptors (Lipinski definition) is 5. The van der Waals surface area contributed by atoms with Crippen molar-refractivity contribution in [1.29, 1.82) is 0 Å². The van der Waals surface area contributed by atoms with E-state index in [1.54, 1.807) is 24.3 Å². The molecule has 2 aromatic rings. The second-order valence-electron chi connectivity index (χ2n) is 7.84. The minimum absolute atomic E-state index is 0.0425. The minimum atomic E-state index is -0.436. The van der Waals surface area contributed by atoms with E-state index in [9.17, 15) is 9.59 Å². The number of amides is 1. The van der Waals surface area contributed by atoms with Gasteiger partial charge in [-0.2, -0.15) is 0 Å². The molecule has 0 aliphatic carbocycles. The number of halogens is 1. The first kappa shape index (κ1) is 20.8. The summed E-state index contributed by atoms with van der Waals surface area (Å²) in [6.45, 7) is 4.36. The van der Waals surface area contributed by atoms with E-state index < -0.39 is 6.09 Å². The van der Waals surface area contributed by atoms with Crippen molar-refractivity contribution < 1.29 is 14.3 Å². The van der Waals surface area contributed by atoms with Gasteiger partial charge in [0.15, 0.2) is 5.78 Å². The number of nitrogens with zero attached hydrogens (tertiary/aromatic N) is 1. The molecule has 2 aliphatic rings. The fourth-order valence-electron chi connectivity index (χ4n) is 4.06. The summed E-state index contributed by atoms with van der Waals surface area (Å²) in [5, 5.41) is 6.71. The van der Waals surface area contributed by atoms with Gasteiger partial charge in [-0.15, -0.1) is 0 Å². The van der Waals surface area contributed by atoms with Crippen LogP contribution in [0.25, 0.3) is 0 Å². The number of likely N-dealkylation sites (tertiary alicyclic amines) is 1. The Morgan fingerprint density at radius 2 is 1.80 bits per heavy atom. The van der Waals surface area contributed by atoms with Crippen LogP contribution in [0.15, 0.2) is 42.5 Å². The summed E-state index contributed by atoms with van der Waals surface area (Å²) in [5.74, 6) is 0.229. The Morgan fingerprint density at radius 3 is 2.57 bits per heavy atom. The summed E-state index contributed by atoms with van der Waals surface area (Å²) in [7, 11) is 0. The molecule has 1 saturated heterocycles. The normalized spacial score (nSPS) is 16.8. The quantitative estimate of drug-likeness (QED) is 0.679. The first-order valence-electron chi connectivity index (χ1n) is 10.4. The molecule has 6 nitrogen and oxygen atoms in total. The maximum Gasteiger partial charge on any atom is 0.411 e. The molecule has 2 heterocycles. The highest BCUT2D eigenvalue weighted by molar-refractivity contribution is 6.30. The number of nitrogens with one attached hydrogen (secondary N) is 2. The highest BCUT2D eigenvalue weighted by Gasteiger charge is 2.25. The Labute approximate surface area is 181 Å².